The van der Waals surface area contributed by atoms with E-state index in [-0.39, 0.29) is 0 Å². The van der Waals surface area contributed by atoms with Gasteiger partial charge in [-0.25, -0.2) is 0 Å². The van der Waals surface area contributed by atoms with Gasteiger partial charge in [-0.2, -0.15) is 0 Å². The molecule has 2 nitrogen and oxygen atoms in total. The number of anilines is 3. The molecule has 0 bridgehead atoms. The predicted molar refractivity (Wildman–Crippen MR) is 280 cm³/mol. The Labute approximate surface area is 385 Å². The second-order valence-corrected chi connectivity index (χ2v) is 17.0. The summed E-state index contributed by atoms with van der Waals surface area (Å²) in [4.78, 5) is 2.41. The lowest BCUT2D eigenvalue weighted by molar-refractivity contribution is 1.18. The second-order valence-electron chi connectivity index (χ2n) is 17.0. The van der Waals surface area contributed by atoms with Crippen LogP contribution in [0.5, 0.6) is 0 Å². The molecule has 0 saturated carbocycles. The van der Waals surface area contributed by atoms with E-state index in [1.165, 1.54) is 66.0 Å². The summed E-state index contributed by atoms with van der Waals surface area (Å²) < 4.78 is 2.39. The normalized spacial score (nSPS) is 11.3. The summed E-state index contributed by atoms with van der Waals surface area (Å²) in [7, 11) is 0. The molecule has 0 N–H and O–H groups in total. The van der Waals surface area contributed by atoms with E-state index in [9.17, 15) is 0 Å². The summed E-state index contributed by atoms with van der Waals surface area (Å²) in [5.74, 6) is 0. The van der Waals surface area contributed by atoms with Crippen LogP contribution < -0.4 is 4.90 Å². The van der Waals surface area contributed by atoms with Gasteiger partial charge in [0.05, 0.1) is 16.7 Å². The number of rotatable bonds is 9. The fraction of sp³-hybridized carbons (Fsp3) is 0. The molecule has 2 heteroatoms. The molecule has 0 atom stereocenters. The Morgan fingerprint density at radius 3 is 1.30 bits per heavy atom. The summed E-state index contributed by atoms with van der Waals surface area (Å²) in [6, 6.07) is 96.9. The number of para-hydroxylation sites is 2. The van der Waals surface area contributed by atoms with Crippen LogP contribution in [0.3, 0.4) is 0 Å². The van der Waals surface area contributed by atoms with E-state index in [1.54, 1.807) is 0 Å². The van der Waals surface area contributed by atoms with Crippen LogP contribution in [-0.4, -0.2) is 4.57 Å². The molecule has 12 aromatic rings. The zero-order valence-corrected chi connectivity index (χ0v) is 36.3. The average Bonchev–Trinajstić information content (AvgIpc) is 3.74. The van der Waals surface area contributed by atoms with Crippen LogP contribution in [0.2, 0.25) is 0 Å². The van der Waals surface area contributed by atoms with E-state index in [2.05, 4.69) is 276 Å². The number of aromatic nitrogens is 1. The lowest BCUT2D eigenvalue weighted by atomic mass is 9.95. The summed E-state index contributed by atoms with van der Waals surface area (Å²) >= 11 is 0. The first-order chi connectivity index (χ1) is 32.7. The molecule has 0 aliphatic carbocycles. The van der Waals surface area contributed by atoms with Gasteiger partial charge in [-0.1, -0.05) is 200 Å². The van der Waals surface area contributed by atoms with Gasteiger partial charge in [0.25, 0.3) is 0 Å². The quantitative estimate of drug-likeness (QED) is 0.141. The summed E-state index contributed by atoms with van der Waals surface area (Å²) in [6.07, 6.45) is 0. The van der Waals surface area contributed by atoms with Gasteiger partial charge in [0, 0.05) is 33.4 Å². The lowest BCUT2D eigenvalue weighted by Crippen LogP contribution is -2.11. The third-order valence-corrected chi connectivity index (χ3v) is 13.0. The monoisotopic (exact) mass is 840 g/mol. The SMILES string of the molecule is c1ccc(-c2ccc(-c3ccc(N(c4ccc(-c5ccc6ccccc6c5)cc4)c4ccc(-c5cccc(-n6c7ccccc7c7ccccc76)c5)cc4-c4ccccc4)cc3)cc2)cc1. The van der Waals surface area contributed by atoms with Crippen molar-refractivity contribution in [2.45, 2.75) is 0 Å². The average molecular weight is 841 g/mol. The van der Waals surface area contributed by atoms with Crippen molar-refractivity contribution < 1.29 is 0 Å². The van der Waals surface area contributed by atoms with E-state index < -0.39 is 0 Å². The number of benzene rings is 11. The Kier molecular flexibility index (Phi) is 9.89. The van der Waals surface area contributed by atoms with Gasteiger partial charge >= 0.3 is 0 Å². The maximum absolute atomic E-state index is 2.41. The fourth-order valence-electron chi connectivity index (χ4n) is 9.67. The van der Waals surface area contributed by atoms with Crippen LogP contribution in [0.25, 0.3) is 93.9 Å². The third-order valence-electron chi connectivity index (χ3n) is 13.0. The van der Waals surface area contributed by atoms with Crippen LogP contribution in [-0.2, 0) is 0 Å². The molecule has 1 aromatic heterocycles. The van der Waals surface area contributed by atoms with E-state index in [4.69, 9.17) is 0 Å². The van der Waals surface area contributed by atoms with Crippen LogP contribution in [0.15, 0.2) is 267 Å². The Morgan fingerprint density at radius 2 is 0.682 bits per heavy atom. The van der Waals surface area contributed by atoms with Gasteiger partial charge in [0.15, 0.2) is 0 Å². The minimum absolute atomic E-state index is 1.08. The highest BCUT2D eigenvalue weighted by Crippen LogP contribution is 2.44. The van der Waals surface area contributed by atoms with Crippen molar-refractivity contribution in [2.24, 2.45) is 0 Å². The minimum Gasteiger partial charge on any atom is -0.310 e. The number of fused-ring (bicyclic) bond motifs is 4. The Bertz CT molecular complexity index is 3610. The molecule has 1 heterocycles. The van der Waals surface area contributed by atoms with Crippen LogP contribution in [0, 0.1) is 0 Å². The molecule has 0 amide bonds. The van der Waals surface area contributed by atoms with Gasteiger partial charge in [-0.3, -0.25) is 0 Å². The molecule has 0 aliphatic rings. The molecule has 11 aromatic carbocycles. The Balaban J connectivity index is 0.974. The minimum atomic E-state index is 1.08. The fourth-order valence-corrected chi connectivity index (χ4v) is 9.67. The zero-order valence-electron chi connectivity index (χ0n) is 36.3. The summed E-state index contributed by atoms with van der Waals surface area (Å²) in [5, 5.41) is 5.00. The standard InChI is InChI=1S/C64H44N2/c1-3-14-45(15-4-1)47-26-28-48(29-27-47)49-32-37-56(38-33-49)65(57-39-34-50(35-40-57)54-31-30-46-16-7-8-19-52(46)42-54)64-41-36-55(44-61(64)51-17-5-2-6-18-51)53-20-13-21-58(43-53)66-62-24-11-9-22-59(62)60-23-10-12-25-63(60)66/h1-44H. The zero-order chi connectivity index (χ0) is 43.8. The number of nitrogens with zero attached hydrogens (tertiary/aromatic N) is 2. The van der Waals surface area contributed by atoms with Gasteiger partial charge in [-0.15, -0.1) is 0 Å². The molecular weight excluding hydrogens is 797 g/mol. The van der Waals surface area contributed by atoms with Crippen LogP contribution >= 0.6 is 0 Å². The van der Waals surface area contributed by atoms with Crippen molar-refractivity contribution in [2.75, 3.05) is 4.90 Å². The molecule has 66 heavy (non-hydrogen) atoms. The Morgan fingerprint density at radius 1 is 0.258 bits per heavy atom. The largest absolute Gasteiger partial charge is 0.310 e. The predicted octanol–water partition coefficient (Wildman–Crippen LogP) is 17.7. The van der Waals surface area contributed by atoms with Gasteiger partial charge in [0.2, 0.25) is 0 Å². The highest BCUT2D eigenvalue weighted by atomic mass is 15.1. The highest BCUT2D eigenvalue weighted by Gasteiger charge is 2.20. The lowest BCUT2D eigenvalue weighted by Gasteiger charge is -2.29. The van der Waals surface area contributed by atoms with Crippen LogP contribution in [0.1, 0.15) is 0 Å². The molecule has 0 unspecified atom stereocenters. The number of hydrogen-bond donors (Lipinski definition) is 0. The Hall–Kier alpha value is -8.72. The molecular formula is C64H44N2. The maximum Gasteiger partial charge on any atom is 0.0541 e. The van der Waals surface area contributed by atoms with Crippen molar-refractivity contribution in [3.63, 3.8) is 0 Å². The first-order valence-electron chi connectivity index (χ1n) is 22.7. The van der Waals surface area contributed by atoms with Crippen molar-refractivity contribution in [3.8, 4) is 61.3 Å². The van der Waals surface area contributed by atoms with Crippen molar-refractivity contribution >= 4 is 49.6 Å². The van der Waals surface area contributed by atoms with E-state index >= 15 is 0 Å². The van der Waals surface area contributed by atoms with Crippen molar-refractivity contribution in [3.05, 3.63) is 267 Å². The summed E-state index contributed by atoms with van der Waals surface area (Å²) in [6.45, 7) is 0. The van der Waals surface area contributed by atoms with Crippen LogP contribution in [0.4, 0.5) is 17.1 Å². The second kappa shape index (κ2) is 16.8. The van der Waals surface area contributed by atoms with E-state index in [0.717, 1.165) is 45.0 Å². The molecule has 0 aliphatic heterocycles. The molecule has 0 fully saturated rings. The first-order valence-corrected chi connectivity index (χ1v) is 22.7. The third kappa shape index (κ3) is 7.21. The highest BCUT2D eigenvalue weighted by molar-refractivity contribution is 6.09. The van der Waals surface area contributed by atoms with Crippen molar-refractivity contribution in [1.29, 1.82) is 0 Å². The molecule has 0 radical (unpaired) electrons. The van der Waals surface area contributed by atoms with Gasteiger partial charge in [0.1, 0.15) is 0 Å². The first kappa shape index (κ1) is 38.9. The summed E-state index contributed by atoms with van der Waals surface area (Å²) in [5.41, 5.74) is 18.6. The van der Waals surface area contributed by atoms with Gasteiger partial charge < -0.3 is 9.47 Å². The maximum atomic E-state index is 2.41. The van der Waals surface area contributed by atoms with E-state index in [0.29, 0.717) is 0 Å². The molecule has 0 saturated heterocycles. The topological polar surface area (TPSA) is 8.17 Å². The molecule has 310 valence electrons. The smallest absolute Gasteiger partial charge is 0.0541 e. The molecule has 0 spiro atoms. The van der Waals surface area contributed by atoms with Crippen molar-refractivity contribution in [1.82, 2.24) is 4.57 Å². The molecule has 12 rings (SSSR count). The van der Waals surface area contributed by atoms with E-state index in [1.807, 2.05) is 0 Å². The van der Waals surface area contributed by atoms with Gasteiger partial charge in [-0.05, 0) is 128 Å². The number of hydrogen-bond acceptors (Lipinski definition) is 1.